The molecule has 3 aromatic heterocycles. The molecule has 124 valence electrons. The molecule has 1 aliphatic rings. The number of aryl methyl sites for hydroxylation is 2. The maximum absolute atomic E-state index is 13.1. The van der Waals surface area contributed by atoms with E-state index in [1.54, 1.807) is 10.9 Å². The fourth-order valence-corrected chi connectivity index (χ4v) is 4.08. The zero-order valence-corrected chi connectivity index (χ0v) is 14.4. The summed E-state index contributed by atoms with van der Waals surface area (Å²) in [5, 5.41) is 4.98. The fourth-order valence-electron chi connectivity index (χ4n) is 3.21. The van der Waals surface area contributed by atoms with Gasteiger partial charge in [0.2, 0.25) is 0 Å². The zero-order valence-electron chi connectivity index (χ0n) is 13.6. The van der Waals surface area contributed by atoms with Crippen molar-refractivity contribution in [1.82, 2.24) is 19.7 Å². The minimum Gasteiger partial charge on any atom is -0.462 e. The van der Waals surface area contributed by atoms with Gasteiger partial charge in [0.1, 0.15) is 5.69 Å². The Balaban J connectivity index is 1.63. The van der Waals surface area contributed by atoms with Crippen LogP contribution < -0.4 is 0 Å². The molecule has 0 spiro atoms. The Morgan fingerprint density at radius 3 is 3.04 bits per heavy atom. The molecule has 24 heavy (non-hydrogen) atoms. The molecule has 7 heteroatoms. The number of rotatable bonds is 3. The van der Waals surface area contributed by atoms with Gasteiger partial charge in [-0.05, 0) is 31.9 Å². The van der Waals surface area contributed by atoms with E-state index in [1.807, 2.05) is 43.4 Å². The molecular formula is C17H18N4O2S. The Labute approximate surface area is 143 Å². The first kappa shape index (κ1) is 15.1. The van der Waals surface area contributed by atoms with Crippen molar-refractivity contribution in [2.24, 2.45) is 7.05 Å². The van der Waals surface area contributed by atoms with Gasteiger partial charge in [-0.1, -0.05) is 0 Å². The highest BCUT2D eigenvalue weighted by Crippen LogP contribution is 2.35. The molecule has 3 aromatic rings. The highest BCUT2D eigenvalue weighted by Gasteiger charge is 2.33. The van der Waals surface area contributed by atoms with Crippen LogP contribution in [0.2, 0.25) is 0 Å². The molecule has 1 aliphatic heterocycles. The van der Waals surface area contributed by atoms with Crippen LogP contribution in [0.1, 0.15) is 39.8 Å². The zero-order chi connectivity index (χ0) is 16.7. The lowest BCUT2D eigenvalue weighted by Crippen LogP contribution is -2.31. The molecule has 1 atom stereocenters. The van der Waals surface area contributed by atoms with Crippen molar-refractivity contribution < 1.29 is 9.21 Å². The molecule has 4 rings (SSSR count). The van der Waals surface area contributed by atoms with Crippen LogP contribution in [0, 0.1) is 6.92 Å². The van der Waals surface area contributed by atoms with E-state index in [1.165, 1.54) is 11.3 Å². The monoisotopic (exact) mass is 342 g/mol. The predicted molar refractivity (Wildman–Crippen MR) is 90.8 cm³/mol. The molecule has 1 amide bonds. The molecule has 0 saturated carbocycles. The minimum absolute atomic E-state index is 0.00657. The van der Waals surface area contributed by atoms with E-state index in [9.17, 15) is 4.79 Å². The second-order valence-corrected chi connectivity index (χ2v) is 7.21. The van der Waals surface area contributed by atoms with Crippen molar-refractivity contribution in [2.45, 2.75) is 25.8 Å². The summed E-state index contributed by atoms with van der Waals surface area (Å²) < 4.78 is 7.18. The van der Waals surface area contributed by atoms with Gasteiger partial charge in [0.15, 0.2) is 10.8 Å². The first-order valence-corrected chi connectivity index (χ1v) is 8.76. The van der Waals surface area contributed by atoms with Crippen LogP contribution in [-0.2, 0) is 7.05 Å². The highest BCUT2D eigenvalue weighted by atomic mass is 32.1. The van der Waals surface area contributed by atoms with Crippen LogP contribution in [0.4, 0.5) is 0 Å². The summed E-state index contributed by atoms with van der Waals surface area (Å²) in [6.07, 6.45) is 7.41. The second kappa shape index (κ2) is 5.90. The Morgan fingerprint density at radius 1 is 1.46 bits per heavy atom. The largest absolute Gasteiger partial charge is 0.462 e. The fraction of sp³-hybridized carbons (Fsp3) is 0.353. The van der Waals surface area contributed by atoms with E-state index < -0.39 is 0 Å². The minimum atomic E-state index is -0.00657. The molecule has 0 aromatic carbocycles. The Hall–Kier alpha value is -2.41. The summed E-state index contributed by atoms with van der Waals surface area (Å²) >= 11 is 1.49. The third kappa shape index (κ3) is 2.54. The number of hydrogen-bond donors (Lipinski definition) is 0. The van der Waals surface area contributed by atoms with Crippen molar-refractivity contribution in [3.63, 3.8) is 0 Å². The normalized spacial score (nSPS) is 17.6. The van der Waals surface area contributed by atoms with Gasteiger partial charge in [-0.3, -0.25) is 9.48 Å². The standard InChI is InChI=1S/C17H18N4O2S/c1-11-15(19-16(24-11)14-6-4-8-23-14)17(22)21-7-3-5-13(21)12-9-18-20(2)10-12/h4,6,8-10,13H,3,5,7H2,1-2H3. The summed E-state index contributed by atoms with van der Waals surface area (Å²) in [5.74, 6) is 0.695. The Morgan fingerprint density at radius 2 is 2.33 bits per heavy atom. The lowest BCUT2D eigenvalue weighted by Gasteiger charge is -2.23. The Bertz CT molecular complexity index is 865. The number of nitrogens with zero attached hydrogens (tertiary/aromatic N) is 4. The number of thiazole rings is 1. The summed E-state index contributed by atoms with van der Waals surface area (Å²) in [7, 11) is 1.89. The van der Waals surface area contributed by atoms with Gasteiger partial charge in [0.05, 0.1) is 18.5 Å². The van der Waals surface area contributed by atoms with Crippen molar-refractivity contribution in [1.29, 1.82) is 0 Å². The summed E-state index contributed by atoms with van der Waals surface area (Å²) in [5.41, 5.74) is 1.62. The molecule has 1 unspecified atom stereocenters. The van der Waals surface area contributed by atoms with E-state index in [2.05, 4.69) is 10.1 Å². The van der Waals surface area contributed by atoms with Crippen LogP contribution in [0.3, 0.4) is 0 Å². The molecule has 6 nitrogen and oxygen atoms in total. The van der Waals surface area contributed by atoms with E-state index in [4.69, 9.17) is 4.42 Å². The predicted octanol–water partition coefficient (Wildman–Crippen LogP) is 3.42. The first-order valence-electron chi connectivity index (χ1n) is 7.94. The van der Waals surface area contributed by atoms with Gasteiger partial charge in [0.25, 0.3) is 5.91 Å². The van der Waals surface area contributed by atoms with Gasteiger partial charge in [-0.15, -0.1) is 11.3 Å². The van der Waals surface area contributed by atoms with Crippen LogP contribution in [-0.4, -0.2) is 32.1 Å². The Kier molecular flexibility index (Phi) is 3.72. The van der Waals surface area contributed by atoms with Gasteiger partial charge < -0.3 is 9.32 Å². The number of hydrogen-bond acceptors (Lipinski definition) is 5. The first-order chi connectivity index (χ1) is 11.6. The maximum Gasteiger partial charge on any atom is 0.274 e. The van der Waals surface area contributed by atoms with Gasteiger partial charge in [-0.25, -0.2) is 4.98 Å². The maximum atomic E-state index is 13.1. The topological polar surface area (TPSA) is 64.2 Å². The lowest BCUT2D eigenvalue weighted by atomic mass is 10.1. The quantitative estimate of drug-likeness (QED) is 0.731. The number of carbonyl (C=O) groups excluding carboxylic acids is 1. The van der Waals surface area contributed by atoms with E-state index >= 15 is 0 Å². The van der Waals surface area contributed by atoms with Crippen molar-refractivity contribution in [2.75, 3.05) is 6.54 Å². The average Bonchev–Trinajstić information content (AvgIpc) is 3.33. The van der Waals surface area contributed by atoms with Crippen LogP contribution in [0.15, 0.2) is 35.2 Å². The third-order valence-corrected chi connectivity index (χ3v) is 5.34. The number of likely N-dealkylation sites (tertiary alicyclic amines) is 1. The highest BCUT2D eigenvalue weighted by molar-refractivity contribution is 7.15. The molecule has 1 saturated heterocycles. The summed E-state index contributed by atoms with van der Waals surface area (Å²) in [4.78, 5) is 20.4. The number of aromatic nitrogens is 3. The second-order valence-electron chi connectivity index (χ2n) is 6.01. The molecule has 4 heterocycles. The van der Waals surface area contributed by atoms with Crippen molar-refractivity contribution in [3.05, 3.63) is 46.9 Å². The number of carbonyl (C=O) groups is 1. The van der Waals surface area contributed by atoms with Gasteiger partial charge >= 0.3 is 0 Å². The van der Waals surface area contributed by atoms with Gasteiger partial charge in [-0.2, -0.15) is 5.10 Å². The van der Waals surface area contributed by atoms with Crippen molar-refractivity contribution in [3.8, 4) is 10.8 Å². The number of amides is 1. The van der Waals surface area contributed by atoms with Crippen molar-refractivity contribution >= 4 is 17.2 Å². The van der Waals surface area contributed by atoms with E-state index in [0.29, 0.717) is 11.5 Å². The molecule has 0 radical (unpaired) electrons. The van der Waals surface area contributed by atoms with E-state index in [0.717, 1.165) is 34.8 Å². The smallest absolute Gasteiger partial charge is 0.274 e. The van der Waals surface area contributed by atoms with E-state index in [-0.39, 0.29) is 11.9 Å². The molecular weight excluding hydrogens is 324 g/mol. The third-order valence-electron chi connectivity index (χ3n) is 4.35. The van der Waals surface area contributed by atoms with Gasteiger partial charge in [0, 0.05) is 30.2 Å². The lowest BCUT2D eigenvalue weighted by molar-refractivity contribution is 0.0730. The molecule has 0 N–H and O–H groups in total. The summed E-state index contributed by atoms with van der Waals surface area (Å²) in [6, 6.07) is 3.77. The molecule has 0 bridgehead atoms. The summed E-state index contributed by atoms with van der Waals surface area (Å²) in [6.45, 7) is 2.69. The molecule has 0 aliphatic carbocycles. The molecule has 1 fully saturated rings. The number of furan rings is 1. The SMILES string of the molecule is Cc1sc(-c2ccco2)nc1C(=O)N1CCCC1c1cnn(C)c1. The van der Waals surface area contributed by atoms with Crippen LogP contribution in [0.5, 0.6) is 0 Å². The van der Waals surface area contributed by atoms with Crippen LogP contribution in [0.25, 0.3) is 10.8 Å². The average molecular weight is 342 g/mol. The van der Waals surface area contributed by atoms with Crippen LogP contribution >= 0.6 is 11.3 Å².